The van der Waals surface area contributed by atoms with Crippen molar-refractivity contribution in [3.8, 4) is 6.07 Å². The Balaban J connectivity index is 2.96. The molecule has 0 aliphatic heterocycles. The third kappa shape index (κ3) is 1.54. The van der Waals surface area contributed by atoms with Gasteiger partial charge in [-0.2, -0.15) is 5.26 Å². The van der Waals surface area contributed by atoms with E-state index in [4.69, 9.17) is 5.26 Å². The van der Waals surface area contributed by atoms with Crippen molar-refractivity contribution >= 4 is 42.6 Å². The second-order valence-electron chi connectivity index (χ2n) is 2.78. The highest BCUT2D eigenvalue weighted by Crippen LogP contribution is 2.29. The van der Waals surface area contributed by atoms with E-state index < -0.39 is 0 Å². The van der Waals surface area contributed by atoms with E-state index in [-0.39, 0.29) is 0 Å². The summed E-state index contributed by atoms with van der Waals surface area (Å²) in [6, 6.07) is 5.98. The van der Waals surface area contributed by atoms with Gasteiger partial charge in [-0.15, -0.1) is 0 Å². The molecule has 0 N–H and O–H groups in total. The van der Waals surface area contributed by atoms with Crippen molar-refractivity contribution in [3.05, 3.63) is 39.0 Å². The number of pyridine rings is 1. The van der Waals surface area contributed by atoms with E-state index in [0.717, 1.165) is 19.7 Å². The number of rotatable bonds is 0. The van der Waals surface area contributed by atoms with Crippen LogP contribution in [0.2, 0.25) is 0 Å². The molecule has 0 fully saturated rings. The van der Waals surface area contributed by atoms with E-state index in [1.54, 1.807) is 12.4 Å². The van der Waals surface area contributed by atoms with E-state index >= 15 is 0 Å². The van der Waals surface area contributed by atoms with Crippen LogP contribution in [0, 0.1) is 11.3 Å². The highest BCUT2D eigenvalue weighted by Gasteiger charge is 2.05. The van der Waals surface area contributed by atoms with Crippen LogP contribution in [0.25, 0.3) is 10.8 Å². The molecular weight excluding hydrogens is 308 g/mol. The van der Waals surface area contributed by atoms with Crippen LogP contribution in [0.1, 0.15) is 5.56 Å². The third-order valence-corrected chi connectivity index (χ3v) is 2.98. The summed E-state index contributed by atoms with van der Waals surface area (Å²) in [5.41, 5.74) is 0.585. The highest BCUT2D eigenvalue weighted by atomic mass is 79.9. The summed E-state index contributed by atoms with van der Waals surface area (Å²) in [5.74, 6) is 0. The summed E-state index contributed by atoms with van der Waals surface area (Å²) < 4.78 is 1.87. The topological polar surface area (TPSA) is 36.7 Å². The maximum atomic E-state index is 8.91. The second kappa shape index (κ2) is 3.68. The molecule has 0 spiro atoms. The number of nitriles is 1. The molecule has 0 aliphatic rings. The van der Waals surface area contributed by atoms with Gasteiger partial charge in [-0.25, -0.2) is 0 Å². The first kappa shape index (κ1) is 9.63. The molecule has 0 unspecified atom stereocenters. The average molecular weight is 312 g/mol. The van der Waals surface area contributed by atoms with Gasteiger partial charge in [-0.1, -0.05) is 31.9 Å². The monoisotopic (exact) mass is 310 g/mol. The molecule has 14 heavy (non-hydrogen) atoms. The standard InChI is InChI=1S/C10H4Br2N2/c11-8-1-6-4-14-5-7(3-13)10(6)9(12)2-8/h1-2,4-5H. The fourth-order valence-electron chi connectivity index (χ4n) is 1.32. The largest absolute Gasteiger partial charge is 0.263 e. The molecule has 0 radical (unpaired) electrons. The zero-order valence-corrected chi connectivity index (χ0v) is 10.1. The van der Waals surface area contributed by atoms with Gasteiger partial charge in [0, 0.05) is 32.1 Å². The fraction of sp³-hybridized carbons (Fsp3) is 0. The van der Waals surface area contributed by atoms with Crippen molar-refractivity contribution in [2.45, 2.75) is 0 Å². The van der Waals surface area contributed by atoms with Crippen LogP contribution in [0.4, 0.5) is 0 Å². The summed E-state index contributed by atoms with van der Waals surface area (Å²) in [6.07, 6.45) is 3.31. The molecule has 68 valence electrons. The van der Waals surface area contributed by atoms with E-state index in [9.17, 15) is 0 Å². The molecule has 1 aromatic carbocycles. The van der Waals surface area contributed by atoms with Gasteiger partial charge >= 0.3 is 0 Å². The Morgan fingerprint density at radius 2 is 2.00 bits per heavy atom. The lowest BCUT2D eigenvalue weighted by Gasteiger charge is -2.02. The Morgan fingerprint density at radius 3 is 2.71 bits per heavy atom. The summed E-state index contributed by atoms with van der Waals surface area (Å²) in [4.78, 5) is 4.00. The number of aromatic nitrogens is 1. The van der Waals surface area contributed by atoms with Gasteiger partial charge in [0.2, 0.25) is 0 Å². The maximum absolute atomic E-state index is 8.91. The molecule has 0 amide bonds. The van der Waals surface area contributed by atoms with E-state index in [1.807, 2.05) is 12.1 Å². The van der Waals surface area contributed by atoms with Crippen LogP contribution in [0.5, 0.6) is 0 Å². The third-order valence-electron chi connectivity index (χ3n) is 1.89. The van der Waals surface area contributed by atoms with Gasteiger partial charge in [0.25, 0.3) is 0 Å². The molecule has 4 heteroatoms. The first-order chi connectivity index (χ1) is 6.72. The Kier molecular flexibility index (Phi) is 2.53. The van der Waals surface area contributed by atoms with Crippen molar-refractivity contribution < 1.29 is 0 Å². The number of hydrogen-bond donors (Lipinski definition) is 0. The minimum atomic E-state index is 0.585. The zero-order chi connectivity index (χ0) is 10.1. The Morgan fingerprint density at radius 1 is 1.21 bits per heavy atom. The van der Waals surface area contributed by atoms with E-state index in [2.05, 4.69) is 42.9 Å². The number of halogens is 2. The zero-order valence-electron chi connectivity index (χ0n) is 6.96. The molecule has 1 aromatic heterocycles. The first-order valence-corrected chi connectivity index (χ1v) is 5.44. The van der Waals surface area contributed by atoms with Gasteiger partial charge in [-0.05, 0) is 12.1 Å². The minimum absolute atomic E-state index is 0.585. The molecule has 0 saturated heterocycles. The minimum Gasteiger partial charge on any atom is -0.263 e. The Hall–Kier alpha value is -0.920. The lowest BCUT2D eigenvalue weighted by Crippen LogP contribution is -1.84. The maximum Gasteiger partial charge on any atom is 0.101 e. The molecule has 0 aliphatic carbocycles. The van der Waals surface area contributed by atoms with Gasteiger partial charge in [0.15, 0.2) is 0 Å². The lowest BCUT2D eigenvalue weighted by molar-refractivity contribution is 1.33. The van der Waals surface area contributed by atoms with Crippen molar-refractivity contribution in [3.63, 3.8) is 0 Å². The number of nitrogens with zero attached hydrogens (tertiary/aromatic N) is 2. The molecule has 2 nitrogen and oxygen atoms in total. The molecule has 0 atom stereocenters. The van der Waals surface area contributed by atoms with Crippen LogP contribution < -0.4 is 0 Å². The van der Waals surface area contributed by atoms with Crippen molar-refractivity contribution in [2.75, 3.05) is 0 Å². The van der Waals surface area contributed by atoms with Crippen LogP contribution in [-0.2, 0) is 0 Å². The van der Waals surface area contributed by atoms with Crippen molar-refractivity contribution in [1.82, 2.24) is 4.98 Å². The van der Waals surface area contributed by atoms with E-state index in [1.165, 1.54) is 0 Å². The molecule has 1 heterocycles. The average Bonchev–Trinajstić information content (AvgIpc) is 2.16. The molecular formula is C10H4Br2N2. The van der Waals surface area contributed by atoms with Crippen LogP contribution in [0.15, 0.2) is 33.5 Å². The predicted octanol–water partition coefficient (Wildman–Crippen LogP) is 3.63. The SMILES string of the molecule is N#Cc1cncc2cc(Br)cc(Br)c12. The number of benzene rings is 1. The Labute approximate surface area is 97.8 Å². The molecule has 2 aromatic rings. The van der Waals surface area contributed by atoms with Gasteiger partial charge < -0.3 is 0 Å². The quantitative estimate of drug-likeness (QED) is 0.745. The number of hydrogen-bond acceptors (Lipinski definition) is 2. The Bertz CT molecular complexity index is 544. The van der Waals surface area contributed by atoms with Gasteiger partial charge in [0.1, 0.15) is 6.07 Å². The predicted molar refractivity (Wildman–Crippen MR) is 61.9 cm³/mol. The second-order valence-corrected chi connectivity index (χ2v) is 4.55. The van der Waals surface area contributed by atoms with Crippen molar-refractivity contribution in [2.24, 2.45) is 0 Å². The van der Waals surface area contributed by atoms with Crippen LogP contribution in [0.3, 0.4) is 0 Å². The van der Waals surface area contributed by atoms with Gasteiger partial charge in [0.05, 0.1) is 5.56 Å². The van der Waals surface area contributed by atoms with Crippen molar-refractivity contribution in [1.29, 1.82) is 5.26 Å². The first-order valence-electron chi connectivity index (χ1n) is 3.85. The highest BCUT2D eigenvalue weighted by molar-refractivity contribution is 9.11. The van der Waals surface area contributed by atoms with E-state index in [0.29, 0.717) is 5.56 Å². The molecule has 2 rings (SSSR count). The molecule has 0 saturated carbocycles. The molecule has 0 bridgehead atoms. The summed E-state index contributed by atoms with van der Waals surface area (Å²) in [6.45, 7) is 0. The lowest BCUT2D eigenvalue weighted by atomic mass is 10.1. The van der Waals surface area contributed by atoms with Gasteiger partial charge in [-0.3, -0.25) is 4.98 Å². The van der Waals surface area contributed by atoms with Crippen LogP contribution in [-0.4, -0.2) is 4.98 Å². The fourth-order valence-corrected chi connectivity index (χ4v) is 2.79. The normalized spacial score (nSPS) is 10.1. The summed E-state index contributed by atoms with van der Waals surface area (Å²) >= 11 is 6.82. The summed E-state index contributed by atoms with van der Waals surface area (Å²) in [7, 11) is 0. The summed E-state index contributed by atoms with van der Waals surface area (Å²) in [5, 5.41) is 10.8. The smallest absolute Gasteiger partial charge is 0.101 e. The number of fused-ring (bicyclic) bond motifs is 1. The van der Waals surface area contributed by atoms with Crippen LogP contribution >= 0.6 is 31.9 Å².